The summed E-state index contributed by atoms with van der Waals surface area (Å²) in [6.45, 7) is -0.614. The number of carbonyl (C=O) groups is 1. The molecule has 1 saturated carbocycles. The van der Waals surface area contributed by atoms with Crippen molar-refractivity contribution in [1.29, 1.82) is 0 Å². The number of aliphatic hydroxyl groups excluding tert-OH is 1. The number of rotatable bonds is 5. The molecule has 1 aromatic carbocycles. The lowest BCUT2D eigenvalue weighted by molar-refractivity contribution is -0.137. The van der Waals surface area contributed by atoms with Gasteiger partial charge < -0.3 is 5.11 Å². The first-order chi connectivity index (χ1) is 11.3. The van der Waals surface area contributed by atoms with Crippen molar-refractivity contribution in [3.63, 3.8) is 0 Å². The molecule has 126 valence electrons. The van der Waals surface area contributed by atoms with Crippen LogP contribution in [0.1, 0.15) is 40.2 Å². The molecule has 0 bridgehead atoms. The van der Waals surface area contributed by atoms with E-state index in [1.807, 2.05) is 0 Å². The minimum absolute atomic E-state index is 0.213. The lowest BCUT2D eigenvalue weighted by atomic mass is 9.90. The third-order valence-electron chi connectivity index (χ3n) is 4.32. The van der Waals surface area contributed by atoms with Gasteiger partial charge in [-0.05, 0) is 24.5 Å². The van der Waals surface area contributed by atoms with Gasteiger partial charge in [-0.2, -0.15) is 13.2 Å². The summed E-state index contributed by atoms with van der Waals surface area (Å²) in [6, 6.07) is 5.37. The molecular formula is C17H15F3N2O2. The van der Waals surface area contributed by atoms with Gasteiger partial charge in [-0.3, -0.25) is 4.79 Å². The average Bonchev–Trinajstić information content (AvgIpc) is 3.35. The largest absolute Gasteiger partial charge is 0.416 e. The number of aliphatic hydroxyl groups is 1. The normalized spacial score (nSPS) is 16.0. The van der Waals surface area contributed by atoms with Gasteiger partial charge in [-0.25, -0.2) is 9.97 Å². The molecule has 0 saturated heterocycles. The fourth-order valence-electron chi connectivity index (χ4n) is 2.73. The Balaban J connectivity index is 1.81. The minimum atomic E-state index is -4.37. The first-order valence-corrected chi connectivity index (χ1v) is 7.47. The monoisotopic (exact) mass is 336 g/mol. The molecule has 0 atom stereocenters. The smallest absolute Gasteiger partial charge is 0.388 e. The predicted octanol–water partition coefficient (Wildman–Crippen LogP) is 2.94. The lowest BCUT2D eigenvalue weighted by Gasteiger charge is -2.17. The highest BCUT2D eigenvalue weighted by molar-refractivity contribution is 5.96. The molecule has 1 aromatic heterocycles. The molecule has 0 aliphatic heterocycles. The van der Waals surface area contributed by atoms with E-state index in [2.05, 4.69) is 9.97 Å². The number of carbonyl (C=O) groups excluding carboxylic acids is 1. The Kier molecular flexibility index (Phi) is 4.13. The Hall–Kier alpha value is -2.28. The zero-order valence-corrected chi connectivity index (χ0v) is 12.7. The van der Waals surface area contributed by atoms with Gasteiger partial charge in [-0.1, -0.05) is 18.2 Å². The van der Waals surface area contributed by atoms with Gasteiger partial charge in [0.25, 0.3) is 0 Å². The van der Waals surface area contributed by atoms with Crippen molar-refractivity contribution in [2.75, 3.05) is 6.61 Å². The van der Waals surface area contributed by atoms with Crippen LogP contribution in [0.2, 0.25) is 0 Å². The fourth-order valence-corrected chi connectivity index (χ4v) is 2.73. The number of hydrogen-bond donors (Lipinski definition) is 1. The predicted molar refractivity (Wildman–Crippen MR) is 79.5 cm³/mol. The Morgan fingerprint density at radius 3 is 2.42 bits per heavy atom. The van der Waals surface area contributed by atoms with Gasteiger partial charge in [-0.15, -0.1) is 0 Å². The summed E-state index contributed by atoms with van der Waals surface area (Å²) in [7, 11) is 0. The number of Topliss-reactive ketones (excluding diaryl/α,β-unsaturated/α-hetero) is 1. The van der Waals surface area contributed by atoms with Gasteiger partial charge in [0.15, 0.2) is 5.78 Å². The van der Waals surface area contributed by atoms with Crippen LogP contribution < -0.4 is 0 Å². The maximum Gasteiger partial charge on any atom is 0.416 e. The second-order valence-electron chi connectivity index (χ2n) is 6.00. The van der Waals surface area contributed by atoms with Crippen molar-refractivity contribution in [3.05, 3.63) is 59.2 Å². The molecule has 1 aliphatic rings. The van der Waals surface area contributed by atoms with E-state index in [0.29, 0.717) is 17.8 Å². The van der Waals surface area contributed by atoms with Crippen LogP contribution in [0.25, 0.3) is 0 Å². The number of aromatic nitrogens is 2. The van der Waals surface area contributed by atoms with Crippen LogP contribution >= 0.6 is 0 Å². The number of halogens is 3. The average molecular weight is 336 g/mol. The topological polar surface area (TPSA) is 63.1 Å². The molecular weight excluding hydrogens is 321 g/mol. The van der Waals surface area contributed by atoms with Crippen LogP contribution in [0, 0.1) is 0 Å². The van der Waals surface area contributed by atoms with E-state index in [9.17, 15) is 18.0 Å². The number of hydrogen-bond acceptors (Lipinski definition) is 4. The molecule has 7 heteroatoms. The van der Waals surface area contributed by atoms with E-state index >= 15 is 0 Å². The van der Waals surface area contributed by atoms with Crippen molar-refractivity contribution in [3.8, 4) is 0 Å². The molecule has 4 nitrogen and oxygen atoms in total. The Bertz CT molecular complexity index is 753. The second-order valence-corrected chi connectivity index (χ2v) is 6.00. The summed E-state index contributed by atoms with van der Waals surface area (Å²) >= 11 is 0. The van der Waals surface area contributed by atoms with Crippen LogP contribution in [0.4, 0.5) is 13.2 Å². The molecule has 0 radical (unpaired) electrons. The van der Waals surface area contributed by atoms with E-state index < -0.39 is 24.1 Å². The molecule has 1 aliphatic carbocycles. The molecule has 0 unspecified atom stereocenters. The molecule has 24 heavy (non-hydrogen) atoms. The first-order valence-electron chi connectivity index (χ1n) is 7.47. The zero-order chi connectivity index (χ0) is 17.4. The molecule has 3 rings (SSSR count). The highest BCUT2D eigenvalue weighted by Gasteiger charge is 2.45. The summed E-state index contributed by atoms with van der Waals surface area (Å²) in [5.41, 5.74) is -0.179. The maximum absolute atomic E-state index is 12.9. The fraction of sp³-hybridized carbons (Fsp3) is 0.353. The van der Waals surface area contributed by atoms with E-state index in [1.54, 1.807) is 6.07 Å². The van der Waals surface area contributed by atoms with Crippen molar-refractivity contribution < 1.29 is 23.1 Å². The molecule has 0 amide bonds. The Labute approximate surface area is 136 Å². The zero-order valence-electron chi connectivity index (χ0n) is 12.7. The minimum Gasteiger partial charge on any atom is -0.388 e. The summed E-state index contributed by atoms with van der Waals surface area (Å²) < 4.78 is 38.6. The molecule has 0 spiro atoms. The van der Waals surface area contributed by atoms with Crippen molar-refractivity contribution >= 4 is 5.78 Å². The van der Waals surface area contributed by atoms with Gasteiger partial charge in [0.05, 0.1) is 11.1 Å². The van der Waals surface area contributed by atoms with E-state index in [0.717, 1.165) is 18.9 Å². The molecule has 1 heterocycles. The molecule has 2 aromatic rings. The SMILES string of the molecule is O=C(CO)c1cnc(CC2(c3cccc(C(F)(F)F)c3)CC2)nc1. The maximum atomic E-state index is 12.9. The van der Waals surface area contributed by atoms with Gasteiger partial charge in [0.2, 0.25) is 0 Å². The highest BCUT2D eigenvalue weighted by atomic mass is 19.4. The molecule has 1 fully saturated rings. The third-order valence-corrected chi connectivity index (χ3v) is 4.32. The van der Waals surface area contributed by atoms with Crippen LogP contribution in [0.3, 0.4) is 0 Å². The number of alkyl halides is 3. The van der Waals surface area contributed by atoms with Gasteiger partial charge >= 0.3 is 6.18 Å². The summed E-state index contributed by atoms with van der Waals surface area (Å²) in [5, 5.41) is 8.80. The quantitative estimate of drug-likeness (QED) is 0.853. The van der Waals surface area contributed by atoms with Crippen LogP contribution in [0.15, 0.2) is 36.7 Å². The summed E-state index contributed by atoms with van der Waals surface area (Å²) in [5.74, 6) is -0.0000323. The van der Waals surface area contributed by atoms with Crippen molar-refractivity contribution in [1.82, 2.24) is 9.97 Å². The molecule has 1 N–H and O–H groups in total. The number of ketones is 1. The third kappa shape index (κ3) is 3.31. The van der Waals surface area contributed by atoms with E-state index in [1.165, 1.54) is 24.5 Å². The van der Waals surface area contributed by atoms with Gasteiger partial charge in [0.1, 0.15) is 12.4 Å². The Morgan fingerprint density at radius 2 is 1.88 bits per heavy atom. The standard InChI is InChI=1S/C17H15F3N2O2/c18-17(19,20)13-3-1-2-12(6-13)16(4-5-16)7-15-21-8-11(9-22-15)14(24)10-23/h1-3,6,8-9,23H,4-5,7,10H2. The lowest BCUT2D eigenvalue weighted by Crippen LogP contribution is -2.15. The first kappa shape index (κ1) is 16.6. The summed E-state index contributed by atoms with van der Waals surface area (Å²) in [4.78, 5) is 19.5. The highest BCUT2D eigenvalue weighted by Crippen LogP contribution is 2.51. The second kappa shape index (κ2) is 5.98. The van der Waals surface area contributed by atoms with Crippen LogP contribution in [0.5, 0.6) is 0 Å². The Morgan fingerprint density at radius 1 is 1.21 bits per heavy atom. The number of benzene rings is 1. The van der Waals surface area contributed by atoms with Crippen LogP contribution in [-0.2, 0) is 18.0 Å². The van der Waals surface area contributed by atoms with Crippen molar-refractivity contribution in [2.24, 2.45) is 0 Å². The van der Waals surface area contributed by atoms with E-state index in [4.69, 9.17) is 5.11 Å². The van der Waals surface area contributed by atoms with Gasteiger partial charge in [0, 0.05) is 24.2 Å². The number of nitrogens with zero attached hydrogens (tertiary/aromatic N) is 2. The van der Waals surface area contributed by atoms with Crippen molar-refractivity contribution in [2.45, 2.75) is 30.9 Å². The summed E-state index contributed by atoms with van der Waals surface area (Å²) in [6.07, 6.45) is 0.271. The van der Waals surface area contributed by atoms with E-state index in [-0.39, 0.29) is 11.0 Å². The van der Waals surface area contributed by atoms with Crippen LogP contribution in [-0.4, -0.2) is 27.5 Å².